The molecule has 8 nitrogen and oxygen atoms in total. The van der Waals surface area contributed by atoms with E-state index < -0.39 is 46.8 Å². The van der Waals surface area contributed by atoms with Gasteiger partial charge in [0, 0.05) is 21.0 Å². The predicted octanol–water partition coefficient (Wildman–Crippen LogP) is 7.18. The molecule has 0 radical (unpaired) electrons. The zero-order valence-corrected chi connectivity index (χ0v) is 28.6. The van der Waals surface area contributed by atoms with Gasteiger partial charge in [-0.2, -0.15) is 0 Å². The maximum absolute atomic E-state index is 15.3. The van der Waals surface area contributed by atoms with Crippen molar-refractivity contribution in [3.8, 4) is 11.5 Å². The minimum absolute atomic E-state index is 0.0738. The molecule has 10 heteroatoms. The quantitative estimate of drug-likeness (QED) is 0.172. The molecule has 0 aromatic heterocycles. The van der Waals surface area contributed by atoms with Gasteiger partial charge in [0.05, 0.1) is 41.7 Å². The first kappa shape index (κ1) is 31.5. The van der Waals surface area contributed by atoms with Crippen LogP contribution in [0.4, 0.5) is 11.4 Å². The van der Waals surface area contributed by atoms with Crippen molar-refractivity contribution in [3.05, 3.63) is 129 Å². The van der Waals surface area contributed by atoms with E-state index in [1.165, 1.54) is 23.0 Å². The molecule has 4 amide bonds. The van der Waals surface area contributed by atoms with E-state index in [4.69, 9.17) is 16.3 Å². The fourth-order valence-corrected chi connectivity index (χ4v) is 9.27. The van der Waals surface area contributed by atoms with E-state index in [-0.39, 0.29) is 30.4 Å². The Morgan fingerprint density at radius 1 is 0.816 bits per heavy atom. The number of rotatable bonds is 5. The number of benzene rings is 4. The summed E-state index contributed by atoms with van der Waals surface area (Å²) in [7, 11) is 1.52. The highest BCUT2D eigenvalue weighted by Gasteiger charge is 2.70. The zero-order chi connectivity index (χ0) is 34.2. The number of anilines is 2. The molecule has 1 N–H and O–H groups in total. The fourth-order valence-electron chi connectivity index (χ4n) is 8.82. The van der Waals surface area contributed by atoms with Gasteiger partial charge < -0.3 is 9.84 Å². The summed E-state index contributed by atoms with van der Waals surface area (Å²) in [6, 6.07) is 27.7. The third-order valence-electron chi connectivity index (χ3n) is 10.8. The normalized spacial score (nSPS) is 27.5. The van der Waals surface area contributed by atoms with E-state index >= 15 is 4.79 Å². The number of phenols is 1. The van der Waals surface area contributed by atoms with Gasteiger partial charge in [-0.15, -0.1) is 0 Å². The lowest BCUT2D eigenvalue weighted by molar-refractivity contribution is -0.127. The fraction of sp³-hybridized carbons (Fsp3) is 0.231. The molecule has 6 atom stereocenters. The molecule has 4 aromatic carbocycles. The topological polar surface area (TPSA) is 104 Å². The first-order valence-corrected chi connectivity index (χ1v) is 17.2. The molecule has 4 aliphatic rings. The third-order valence-corrected chi connectivity index (χ3v) is 11.6. The summed E-state index contributed by atoms with van der Waals surface area (Å²) < 4.78 is 6.41. The molecule has 0 spiro atoms. The van der Waals surface area contributed by atoms with Crippen LogP contribution in [0.2, 0.25) is 5.02 Å². The summed E-state index contributed by atoms with van der Waals surface area (Å²) in [4.78, 5) is 61.0. The number of ether oxygens (including phenoxy) is 1. The van der Waals surface area contributed by atoms with Crippen LogP contribution in [0, 0.1) is 23.7 Å². The highest BCUT2D eigenvalue weighted by molar-refractivity contribution is 9.10. The van der Waals surface area contributed by atoms with Gasteiger partial charge in [0.25, 0.3) is 0 Å². The summed E-state index contributed by atoms with van der Waals surface area (Å²) in [5.41, 5.74) is 1.07. The number of hydrogen-bond acceptors (Lipinski definition) is 6. The lowest BCUT2D eigenvalue weighted by atomic mass is 9.49. The highest BCUT2D eigenvalue weighted by Crippen LogP contribution is 2.65. The monoisotopic (exact) mass is 736 g/mol. The van der Waals surface area contributed by atoms with Gasteiger partial charge in [0.1, 0.15) is 11.5 Å². The molecule has 2 aliphatic heterocycles. The summed E-state index contributed by atoms with van der Waals surface area (Å²) in [5.74, 6) is -4.89. The Bertz CT molecular complexity index is 2080. The number of amides is 4. The molecule has 2 aliphatic carbocycles. The van der Waals surface area contributed by atoms with Gasteiger partial charge in [-0.05, 0) is 85.0 Å². The first-order valence-electron chi connectivity index (χ1n) is 16.1. The standard InChI is InChI=1S/C39H30BrClN2O6/c1-49-26-14-17-32(44)30(19-26)34-27-15-16-28-33(37(47)42(35(28)45)24-12-10-22(40)11-13-24)29(27)20-31-36(46)43(25-9-5-8-23(41)18-25)38(48)39(31,34)21-6-3-2-4-7-21/h2-15,17-19,28-29,31,33-34,44H,16,20H2,1H3/t28-,29+,31-,33-,34+,39+/m0/s1. The molecular formula is C39H30BrClN2O6. The molecule has 0 bridgehead atoms. The second kappa shape index (κ2) is 11.7. The summed E-state index contributed by atoms with van der Waals surface area (Å²) >= 11 is 9.81. The molecule has 1 saturated carbocycles. The van der Waals surface area contributed by atoms with Crippen LogP contribution in [0.1, 0.15) is 29.9 Å². The Kier molecular flexibility index (Phi) is 7.53. The molecule has 8 rings (SSSR count). The second-order valence-corrected chi connectivity index (χ2v) is 14.4. The van der Waals surface area contributed by atoms with Crippen LogP contribution in [-0.2, 0) is 24.6 Å². The van der Waals surface area contributed by atoms with E-state index in [9.17, 15) is 19.5 Å². The lowest BCUT2D eigenvalue weighted by Gasteiger charge is -2.50. The van der Waals surface area contributed by atoms with Crippen LogP contribution in [-0.4, -0.2) is 35.8 Å². The number of carbonyl (C=O) groups is 4. The van der Waals surface area contributed by atoms with Gasteiger partial charge >= 0.3 is 0 Å². The average Bonchev–Trinajstić information content (AvgIpc) is 3.50. The van der Waals surface area contributed by atoms with Gasteiger partial charge in [-0.3, -0.25) is 24.1 Å². The van der Waals surface area contributed by atoms with Crippen molar-refractivity contribution < 1.29 is 29.0 Å². The van der Waals surface area contributed by atoms with Crippen LogP contribution in [0.25, 0.3) is 0 Å². The molecule has 0 unspecified atom stereocenters. The molecule has 2 saturated heterocycles. The van der Waals surface area contributed by atoms with Crippen molar-refractivity contribution in [1.82, 2.24) is 0 Å². The number of allylic oxidation sites excluding steroid dienone is 2. The Labute approximate surface area is 296 Å². The highest BCUT2D eigenvalue weighted by atomic mass is 79.9. The van der Waals surface area contributed by atoms with E-state index in [1.807, 2.05) is 36.4 Å². The minimum Gasteiger partial charge on any atom is -0.508 e. The predicted molar refractivity (Wildman–Crippen MR) is 187 cm³/mol. The third kappa shape index (κ3) is 4.55. The van der Waals surface area contributed by atoms with Crippen molar-refractivity contribution in [2.45, 2.75) is 24.2 Å². The minimum atomic E-state index is -1.50. The molecule has 49 heavy (non-hydrogen) atoms. The van der Waals surface area contributed by atoms with Crippen LogP contribution in [0.15, 0.2) is 113 Å². The number of halogens is 2. The molecule has 3 fully saturated rings. The van der Waals surface area contributed by atoms with Crippen molar-refractivity contribution in [2.75, 3.05) is 16.9 Å². The van der Waals surface area contributed by atoms with Gasteiger partial charge in [-0.25, -0.2) is 4.90 Å². The summed E-state index contributed by atoms with van der Waals surface area (Å²) in [6.07, 6.45) is 2.38. The van der Waals surface area contributed by atoms with E-state index in [0.29, 0.717) is 33.3 Å². The SMILES string of the molecule is COc1ccc(O)c([C@H]2C3=CC[C@@H]4C(=O)N(c5ccc(Br)cc5)C(=O)[C@@H]4[C@@H]3C[C@H]3C(=O)N(c4cccc(Cl)c4)C(=O)[C@@]23c2ccccc2)c1. The van der Waals surface area contributed by atoms with Gasteiger partial charge in [0.2, 0.25) is 23.6 Å². The Morgan fingerprint density at radius 3 is 2.29 bits per heavy atom. The Morgan fingerprint density at radius 2 is 1.57 bits per heavy atom. The first-order chi connectivity index (χ1) is 23.7. The number of phenolic OH excluding ortho intramolecular Hbond substituents is 1. The number of imide groups is 2. The maximum Gasteiger partial charge on any atom is 0.246 e. The van der Waals surface area contributed by atoms with Crippen molar-refractivity contribution in [2.24, 2.45) is 23.7 Å². The summed E-state index contributed by atoms with van der Waals surface area (Å²) in [5, 5.41) is 11.9. The Balaban J connectivity index is 1.37. The number of carbonyl (C=O) groups excluding carboxylic acids is 4. The van der Waals surface area contributed by atoms with E-state index in [1.54, 1.807) is 60.7 Å². The van der Waals surface area contributed by atoms with Crippen molar-refractivity contribution >= 4 is 62.5 Å². The van der Waals surface area contributed by atoms with E-state index in [0.717, 1.165) is 10.0 Å². The van der Waals surface area contributed by atoms with Gasteiger partial charge in [0.15, 0.2) is 0 Å². The average molecular weight is 738 g/mol. The van der Waals surface area contributed by atoms with Crippen molar-refractivity contribution in [3.63, 3.8) is 0 Å². The number of fused-ring (bicyclic) bond motifs is 4. The largest absolute Gasteiger partial charge is 0.508 e. The maximum atomic E-state index is 15.3. The second-order valence-electron chi connectivity index (χ2n) is 13.0. The number of aromatic hydroxyl groups is 1. The number of nitrogens with zero attached hydrogens (tertiary/aromatic N) is 2. The van der Waals surface area contributed by atoms with E-state index in [2.05, 4.69) is 15.9 Å². The van der Waals surface area contributed by atoms with Crippen LogP contribution >= 0.6 is 27.5 Å². The Hall–Kier alpha value is -4.73. The lowest BCUT2D eigenvalue weighted by Crippen LogP contribution is -2.53. The van der Waals surface area contributed by atoms with Crippen LogP contribution < -0.4 is 14.5 Å². The number of methoxy groups -OCH3 is 1. The zero-order valence-electron chi connectivity index (χ0n) is 26.3. The smallest absolute Gasteiger partial charge is 0.246 e. The number of hydrogen-bond donors (Lipinski definition) is 1. The molecule has 246 valence electrons. The van der Waals surface area contributed by atoms with Crippen LogP contribution in [0.5, 0.6) is 11.5 Å². The molecular weight excluding hydrogens is 708 g/mol. The summed E-state index contributed by atoms with van der Waals surface area (Å²) in [6.45, 7) is 0. The van der Waals surface area contributed by atoms with Gasteiger partial charge in [-0.1, -0.05) is 75.6 Å². The van der Waals surface area contributed by atoms with Crippen LogP contribution in [0.3, 0.4) is 0 Å². The van der Waals surface area contributed by atoms with Crippen molar-refractivity contribution in [1.29, 1.82) is 0 Å². The molecule has 2 heterocycles. The molecule has 4 aromatic rings.